The fourth-order valence-electron chi connectivity index (χ4n) is 6.90. The molecule has 2 unspecified atom stereocenters. The van der Waals surface area contributed by atoms with E-state index in [1.54, 1.807) is 21.5 Å². The molecule has 3 aromatic carbocycles. The van der Waals surface area contributed by atoms with E-state index < -0.39 is 17.6 Å². The first-order chi connectivity index (χ1) is 19.6. The van der Waals surface area contributed by atoms with Crippen molar-refractivity contribution in [2.75, 3.05) is 0 Å². The molecule has 0 saturated heterocycles. The minimum absolute atomic E-state index is 0. The van der Waals surface area contributed by atoms with Gasteiger partial charge < -0.3 is 37.2 Å². The van der Waals surface area contributed by atoms with Crippen LogP contribution in [0.25, 0.3) is 5.57 Å². The Morgan fingerprint density at radius 3 is 1.63 bits per heavy atom. The van der Waals surface area contributed by atoms with Crippen molar-refractivity contribution in [1.82, 2.24) is 0 Å². The number of hydrogen-bond acceptors (Lipinski definition) is 0. The smallest absolute Gasteiger partial charge is 1.00 e. The number of allylic oxidation sites excluding steroid dienone is 4. The van der Waals surface area contributed by atoms with E-state index in [-0.39, 0.29) is 51.8 Å². The zero-order valence-electron chi connectivity index (χ0n) is 30.7. The first-order valence-electron chi connectivity index (χ1n) is 16.1. The second kappa shape index (κ2) is 15.4. The molecule has 0 fully saturated rings. The number of benzene rings is 3. The largest absolute Gasteiger partial charge is 1.00 e. The summed E-state index contributed by atoms with van der Waals surface area (Å²) in [5, 5.41) is 3.18. The topological polar surface area (TPSA) is 0 Å². The molecule has 0 aliphatic heterocycles. The molecule has 3 aromatic rings. The van der Waals surface area contributed by atoms with Gasteiger partial charge >= 0.3 is 281 Å². The number of hydrogen-bond donors (Lipinski definition) is 0. The molecule has 0 saturated carbocycles. The van der Waals surface area contributed by atoms with Crippen LogP contribution in [0.2, 0.25) is 23.4 Å². The predicted molar refractivity (Wildman–Crippen MR) is 194 cm³/mol. The van der Waals surface area contributed by atoms with E-state index in [9.17, 15) is 0 Å². The van der Waals surface area contributed by atoms with Gasteiger partial charge in [0.25, 0.3) is 0 Å². The van der Waals surface area contributed by atoms with Crippen molar-refractivity contribution in [3.63, 3.8) is 0 Å². The summed E-state index contributed by atoms with van der Waals surface area (Å²) in [6.07, 6.45) is 0. The fourth-order valence-corrected chi connectivity index (χ4v) is 12.2. The second-order valence-corrected chi connectivity index (χ2v) is 24.8. The first-order valence-corrected chi connectivity index (χ1v) is 21.9. The maximum Gasteiger partial charge on any atom is -1.00 e. The third-order valence-corrected chi connectivity index (χ3v) is 16.4. The SMILES string of the molecule is CC1=C(C)[C]([Ti+3])(C([SiH2]c2cccc([Si](C)(C)C)c2)c2cc(C)cc(C)c2)C(c2cc(C(C)(C)C)cc(C(C)(C)C)c2)=C1C.[Cl-].[Cl-].[Cl-]. The Hall–Kier alpha value is -0.842. The molecule has 0 aromatic heterocycles. The maximum absolute atomic E-state index is 2.59. The normalized spacial score (nSPS) is 18.0. The molecule has 0 spiro atoms. The summed E-state index contributed by atoms with van der Waals surface area (Å²) < 4.78 is -0.0819. The van der Waals surface area contributed by atoms with Crippen LogP contribution in [-0.2, 0) is 31.3 Å². The summed E-state index contributed by atoms with van der Waals surface area (Å²) in [6.45, 7) is 33.3. The Morgan fingerprint density at radius 1 is 0.674 bits per heavy atom. The Balaban J connectivity index is 0.00000353. The van der Waals surface area contributed by atoms with Crippen LogP contribution in [0.3, 0.4) is 0 Å². The fraction of sp³-hybridized carbons (Fsp3) is 0.450. The summed E-state index contributed by atoms with van der Waals surface area (Å²) in [4.78, 5) is 0. The van der Waals surface area contributed by atoms with Gasteiger partial charge in [0.15, 0.2) is 0 Å². The Morgan fingerprint density at radius 2 is 1.17 bits per heavy atom. The van der Waals surface area contributed by atoms with Crippen molar-refractivity contribution < 1.29 is 57.7 Å². The summed E-state index contributed by atoms with van der Waals surface area (Å²) in [6, 6.07) is 24.6. The van der Waals surface area contributed by atoms with Crippen LogP contribution < -0.4 is 47.6 Å². The molecule has 6 heteroatoms. The van der Waals surface area contributed by atoms with Crippen LogP contribution in [0.1, 0.15) is 101 Å². The van der Waals surface area contributed by atoms with Gasteiger partial charge in [0, 0.05) is 0 Å². The molecular formula is C40H55Cl3Si2Ti. The van der Waals surface area contributed by atoms with Gasteiger partial charge in [-0.2, -0.15) is 0 Å². The van der Waals surface area contributed by atoms with Crippen molar-refractivity contribution >= 4 is 33.5 Å². The summed E-state index contributed by atoms with van der Waals surface area (Å²) in [5.41, 5.74) is 15.2. The van der Waals surface area contributed by atoms with Crippen LogP contribution in [0, 0.1) is 13.8 Å². The van der Waals surface area contributed by atoms with Gasteiger partial charge in [0.05, 0.1) is 0 Å². The van der Waals surface area contributed by atoms with Crippen molar-refractivity contribution in [2.24, 2.45) is 0 Å². The molecule has 248 valence electrons. The average Bonchev–Trinajstić information content (AvgIpc) is 3.05. The zero-order chi connectivity index (χ0) is 32.3. The number of rotatable bonds is 6. The van der Waals surface area contributed by atoms with Crippen LogP contribution >= 0.6 is 0 Å². The molecule has 0 nitrogen and oxygen atoms in total. The van der Waals surface area contributed by atoms with Crippen molar-refractivity contribution in [3.05, 3.63) is 111 Å². The van der Waals surface area contributed by atoms with E-state index in [1.165, 1.54) is 44.5 Å². The van der Waals surface area contributed by atoms with E-state index in [0.29, 0.717) is 5.54 Å². The molecule has 1 aliphatic rings. The van der Waals surface area contributed by atoms with Crippen molar-refractivity contribution in [3.8, 4) is 0 Å². The monoisotopic (exact) mass is 744 g/mol. The van der Waals surface area contributed by atoms with E-state index >= 15 is 0 Å². The molecule has 0 radical (unpaired) electrons. The molecule has 0 N–H and O–H groups in total. The third-order valence-electron chi connectivity index (χ3n) is 9.84. The Bertz CT molecular complexity index is 1560. The van der Waals surface area contributed by atoms with E-state index in [0.717, 1.165) is 0 Å². The third kappa shape index (κ3) is 8.84. The Kier molecular flexibility index (Phi) is 14.4. The first kappa shape index (κ1) is 43.2. The molecule has 1 aliphatic carbocycles. The predicted octanol–water partition coefficient (Wildman–Crippen LogP) is 0.520. The molecule has 0 amide bonds. The standard InChI is InChI=1S/C40H55Si2.3ClH.Ti/c1-25-18-26(2)20-31(19-25)38(41-34-16-15-17-35(24-34)42(12,13)14)37-29(5)27(3)28(4)36(37)30-21-32(39(6,7)8)23-33(22-30)40(9,10)11;;;;/h15-24,38H,41H2,1-14H3;3*1H;/q;;;;+3/p-3. The van der Waals surface area contributed by atoms with E-state index in [1.807, 2.05) is 0 Å². The molecule has 46 heavy (non-hydrogen) atoms. The average molecular weight is 746 g/mol. The quantitative estimate of drug-likeness (QED) is 0.324. The minimum atomic E-state index is -1.41. The van der Waals surface area contributed by atoms with E-state index in [2.05, 4.69) is 177 Å². The number of aryl methyl sites for hydroxylation is 2. The van der Waals surface area contributed by atoms with Crippen molar-refractivity contribution in [1.29, 1.82) is 0 Å². The van der Waals surface area contributed by atoms with Gasteiger partial charge in [-0.05, 0) is 0 Å². The molecule has 2 atom stereocenters. The second-order valence-electron chi connectivity index (χ2n) is 16.5. The van der Waals surface area contributed by atoms with E-state index in [4.69, 9.17) is 0 Å². The Labute approximate surface area is 315 Å². The van der Waals surface area contributed by atoms with Gasteiger partial charge in [-0.3, -0.25) is 0 Å². The van der Waals surface area contributed by atoms with Gasteiger partial charge in [-0.25, -0.2) is 0 Å². The summed E-state index contributed by atoms with van der Waals surface area (Å²) in [5.74, 6) is 0. The maximum atomic E-state index is 2.59. The summed E-state index contributed by atoms with van der Waals surface area (Å²) >= 11 is 2.59. The molecule has 0 bridgehead atoms. The van der Waals surface area contributed by atoms with Gasteiger partial charge in [-0.15, -0.1) is 0 Å². The van der Waals surface area contributed by atoms with Gasteiger partial charge in [0.1, 0.15) is 0 Å². The molecule has 4 rings (SSSR count). The van der Waals surface area contributed by atoms with Crippen LogP contribution in [-0.4, -0.2) is 17.6 Å². The van der Waals surface area contributed by atoms with Crippen LogP contribution in [0.4, 0.5) is 0 Å². The zero-order valence-corrected chi connectivity index (χ0v) is 36.9. The van der Waals surface area contributed by atoms with Gasteiger partial charge in [0.2, 0.25) is 0 Å². The van der Waals surface area contributed by atoms with Crippen LogP contribution in [0.5, 0.6) is 0 Å². The minimum Gasteiger partial charge on any atom is -1.00 e. The number of halogens is 3. The van der Waals surface area contributed by atoms with Crippen molar-refractivity contribution in [2.45, 2.75) is 116 Å². The molecular weight excluding hydrogens is 691 g/mol. The molecule has 0 heterocycles. The summed E-state index contributed by atoms with van der Waals surface area (Å²) in [7, 11) is -2.14. The van der Waals surface area contributed by atoms with Crippen LogP contribution in [0.15, 0.2) is 77.4 Å². The van der Waals surface area contributed by atoms with Gasteiger partial charge in [-0.1, -0.05) is 0 Å².